The van der Waals surface area contributed by atoms with Gasteiger partial charge in [-0.15, -0.1) is 0 Å². The van der Waals surface area contributed by atoms with Gasteiger partial charge in [-0.2, -0.15) is 0 Å². The zero-order valence-corrected chi connectivity index (χ0v) is 12.5. The van der Waals surface area contributed by atoms with Crippen molar-refractivity contribution in [1.82, 2.24) is 0 Å². The maximum absolute atomic E-state index is 5.14. The Bertz CT molecular complexity index is 716. The van der Waals surface area contributed by atoms with E-state index in [0.717, 1.165) is 6.54 Å². The zero-order chi connectivity index (χ0) is 14.7. The van der Waals surface area contributed by atoms with E-state index in [1.54, 1.807) is 0 Å². The van der Waals surface area contributed by atoms with Gasteiger partial charge in [0.05, 0.1) is 0 Å². The molecule has 0 heterocycles. The fraction of sp³-hybridized carbons (Fsp3) is 0.200. The molecule has 0 aliphatic carbocycles. The lowest BCUT2D eigenvalue weighted by Crippen LogP contribution is -1.95. The summed E-state index contributed by atoms with van der Waals surface area (Å²) in [6, 6.07) is 21.9. The molecule has 1 nitrogen and oxygen atoms in total. The summed E-state index contributed by atoms with van der Waals surface area (Å²) in [6.45, 7) is 2.98. The van der Waals surface area contributed by atoms with Crippen LogP contribution in [-0.2, 0) is 0 Å². The summed E-state index contributed by atoms with van der Waals surface area (Å²) in [5.41, 5.74) is 5.14. The lowest BCUT2D eigenvalue weighted by molar-refractivity contribution is 0.807. The molecule has 0 bridgehead atoms. The van der Waals surface area contributed by atoms with Crippen LogP contribution in [0, 0.1) is 0 Å². The molecule has 0 amide bonds. The Morgan fingerprint density at radius 2 is 1.05 bits per heavy atom. The van der Waals surface area contributed by atoms with Crippen molar-refractivity contribution in [3.63, 3.8) is 0 Å². The predicted molar refractivity (Wildman–Crippen MR) is 94.1 cm³/mol. The van der Waals surface area contributed by atoms with Crippen LogP contribution in [0.25, 0.3) is 32.3 Å². The molecule has 4 aromatic carbocycles. The third-order valence-corrected chi connectivity index (χ3v) is 3.95. The Labute approximate surface area is 125 Å². The smallest absolute Gasteiger partial charge is 0.00268 e. The van der Waals surface area contributed by atoms with E-state index in [9.17, 15) is 0 Å². The fourth-order valence-corrected chi connectivity index (χ4v) is 2.87. The molecule has 0 aliphatic heterocycles. The molecule has 0 fully saturated rings. The summed E-state index contributed by atoms with van der Waals surface area (Å²) in [5, 5.41) is 8.14. The van der Waals surface area contributed by atoms with Crippen LogP contribution in [0.1, 0.15) is 19.8 Å². The summed E-state index contributed by atoms with van der Waals surface area (Å²) < 4.78 is 0. The fourth-order valence-electron chi connectivity index (χ4n) is 2.87. The van der Waals surface area contributed by atoms with Crippen molar-refractivity contribution in [2.45, 2.75) is 19.8 Å². The first-order valence-corrected chi connectivity index (χ1v) is 7.67. The van der Waals surface area contributed by atoms with Crippen LogP contribution in [0.15, 0.2) is 60.7 Å². The van der Waals surface area contributed by atoms with E-state index in [2.05, 4.69) is 67.6 Å². The molecule has 106 valence electrons. The highest BCUT2D eigenvalue weighted by Crippen LogP contribution is 2.33. The lowest BCUT2D eigenvalue weighted by Gasteiger charge is -2.09. The van der Waals surface area contributed by atoms with Gasteiger partial charge in [-0.25, -0.2) is 0 Å². The van der Waals surface area contributed by atoms with Gasteiger partial charge in [-0.05, 0) is 45.3 Å². The monoisotopic (exact) mass is 275 g/mol. The molecule has 0 unspecified atom stereocenters. The third-order valence-electron chi connectivity index (χ3n) is 3.95. The SMILES string of the molecule is CCCCN.c1cc2ccc3cccc4ccc(c1)c2c34. The number of unbranched alkanes of at least 4 members (excludes halogenated alkanes) is 1. The number of hydrogen-bond acceptors (Lipinski definition) is 1. The van der Waals surface area contributed by atoms with Crippen LogP contribution in [0.3, 0.4) is 0 Å². The van der Waals surface area contributed by atoms with Crippen molar-refractivity contribution >= 4 is 32.3 Å². The molecular weight excluding hydrogens is 254 g/mol. The first kappa shape index (κ1) is 13.8. The Hall–Kier alpha value is -2.12. The van der Waals surface area contributed by atoms with Crippen molar-refractivity contribution in [2.75, 3.05) is 6.54 Å². The normalized spacial score (nSPS) is 11.0. The van der Waals surface area contributed by atoms with E-state index in [1.807, 2.05) is 0 Å². The van der Waals surface area contributed by atoms with Gasteiger partial charge in [0, 0.05) is 0 Å². The maximum atomic E-state index is 5.14. The molecule has 0 aliphatic rings. The lowest BCUT2D eigenvalue weighted by atomic mass is 9.95. The molecule has 0 saturated carbocycles. The largest absolute Gasteiger partial charge is 0.330 e. The van der Waals surface area contributed by atoms with Gasteiger partial charge in [0.25, 0.3) is 0 Å². The Morgan fingerprint density at radius 1 is 0.667 bits per heavy atom. The van der Waals surface area contributed by atoms with E-state index in [0.29, 0.717) is 0 Å². The maximum Gasteiger partial charge on any atom is -0.00268 e. The van der Waals surface area contributed by atoms with Crippen LogP contribution in [0.4, 0.5) is 0 Å². The molecule has 0 spiro atoms. The van der Waals surface area contributed by atoms with Crippen LogP contribution in [-0.4, -0.2) is 6.54 Å². The summed E-state index contributed by atoms with van der Waals surface area (Å²) in [6.07, 6.45) is 2.39. The van der Waals surface area contributed by atoms with E-state index in [-0.39, 0.29) is 0 Å². The first-order chi connectivity index (χ1) is 10.3. The van der Waals surface area contributed by atoms with E-state index in [4.69, 9.17) is 5.73 Å². The number of nitrogens with two attached hydrogens (primary N) is 1. The second-order valence-corrected chi connectivity index (χ2v) is 5.43. The molecule has 0 aromatic heterocycles. The predicted octanol–water partition coefficient (Wildman–Crippen LogP) is 5.33. The highest BCUT2D eigenvalue weighted by Gasteiger charge is 2.05. The van der Waals surface area contributed by atoms with E-state index < -0.39 is 0 Å². The molecule has 4 aromatic rings. The van der Waals surface area contributed by atoms with Crippen molar-refractivity contribution in [1.29, 1.82) is 0 Å². The highest BCUT2D eigenvalue weighted by molar-refractivity contribution is 6.22. The standard InChI is InChI=1S/C16H10.C4H11N/c1-3-11-7-9-13-5-2-6-14-10-8-12(4-1)15(11)16(13)14;1-2-3-4-5/h1-10H;2-5H2,1H3. The second-order valence-electron chi connectivity index (χ2n) is 5.43. The minimum Gasteiger partial charge on any atom is -0.330 e. The topological polar surface area (TPSA) is 26.0 Å². The van der Waals surface area contributed by atoms with E-state index in [1.165, 1.54) is 45.2 Å². The molecule has 0 radical (unpaired) electrons. The van der Waals surface area contributed by atoms with Gasteiger partial charge in [0.1, 0.15) is 0 Å². The van der Waals surface area contributed by atoms with Crippen LogP contribution in [0.5, 0.6) is 0 Å². The van der Waals surface area contributed by atoms with Crippen LogP contribution in [0.2, 0.25) is 0 Å². The highest BCUT2D eigenvalue weighted by atomic mass is 14.5. The van der Waals surface area contributed by atoms with Gasteiger partial charge in [-0.1, -0.05) is 74.0 Å². The van der Waals surface area contributed by atoms with Crippen molar-refractivity contribution in [3.8, 4) is 0 Å². The van der Waals surface area contributed by atoms with Crippen LogP contribution >= 0.6 is 0 Å². The molecular formula is C20H21N. The number of hydrogen-bond donors (Lipinski definition) is 1. The van der Waals surface area contributed by atoms with Gasteiger partial charge in [-0.3, -0.25) is 0 Å². The molecule has 2 N–H and O–H groups in total. The Kier molecular flexibility index (Phi) is 4.03. The second kappa shape index (κ2) is 6.11. The first-order valence-electron chi connectivity index (χ1n) is 7.67. The average molecular weight is 275 g/mol. The zero-order valence-electron chi connectivity index (χ0n) is 12.5. The Morgan fingerprint density at radius 3 is 1.29 bits per heavy atom. The molecule has 1 heteroatoms. The third kappa shape index (κ3) is 2.57. The van der Waals surface area contributed by atoms with E-state index >= 15 is 0 Å². The molecule has 21 heavy (non-hydrogen) atoms. The van der Waals surface area contributed by atoms with Crippen molar-refractivity contribution in [3.05, 3.63) is 60.7 Å². The molecule has 0 saturated heterocycles. The van der Waals surface area contributed by atoms with Gasteiger partial charge >= 0.3 is 0 Å². The van der Waals surface area contributed by atoms with Gasteiger partial charge in [0.2, 0.25) is 0 Å². The Balaban J connectivity index is 0.000000233. The number of rotatable bonds is 2. The molecule has 4 rings (SSSR count). The molecule has 0 atom stereocenters. The quantitative estimate of drug-likeness (QED) is 0.492. The minimum absolute atomic E-state index is 0.844. The summed E-state index contributed by atoms with van der Waals surface area (Å²) in [7, 11) is 0. The minimum atomic E-state index is 0.844. The van der Waals surface area contributed by atoms with Crippen LogP contribution < -0.4 is 5.73 Å². The van der Waals surface area contributed by atoms with Gasteiger partial charge < -0.3 is 5.73 Å². The van der Waals surface area contributed by atoms with Crippen molar-refractivity contribution in [2.24, 2.45) is 5.73 Å². The average Bonchev–Trinajstić information content (AvgIpc) is 2.54. The van der Waals surface area contributed by atoms with Gasteiger partial charge in [0.15, 0.2) is 0 Å². The number of benzene rings is 4. The summed E-state index contributed by atoms with van der Waals surface area (Å²) in [4.78, 5) is 0. The summed E-state index contributed by atoms with van der Waals surface area (Å²) >= 11 is 0. The summed E-state index contributed by atoms with van der Waals surface area (Å²) in [5.74, 6) is 0. The van der Waals surface area contributed by atoms with Crippen molar-refractivity contribution < 1.29 is 0 Å².